The Morgan fingerprint density at radius 3 is 1.03 bits per heavy atom. The third-order valence-electron chi connectivity index (χ3n) is 4.82. The van der Waals surface area contributed by atoms with Gasteiger partial charge in [0, 0.05) is 43.8 Å². The number of benzene rings is 4. The second-order valence-electron chi connectivity index (χ2n) is 7.17. The summed E-state index contributed by atoms with van der Waals surface area (Å²) in [6.07, 6.45) is 0.810. The summed E-state index contributed by atoms with van der Waals surface area (Å²) in [6.45, 7) is 0. The van der Waals surface area contributed by atoms with Crippen LogP contribution in [0.1, 0.15) is 11.1 Å². The lowest BCUT2D eigenvalue weighted by atomic mass is 10.1. The van der Waals surface area contributed by atoms with Gasteiger partial charge in [-0.3, -0.25) is 20.2 Å². The molecule has 0 amide bonds. The van der Waals surface area contributed by atoms with Crippen LogP contribution in [0.25, 0.3) is 0 Å². The van der Waals surface area contributed by atoms with E-state index in [1.54, 1.807) is 47.8 Å². The average molecular weight is 475 g/mol. The predicted molar refractivity (Wildman–Crippen MR) is 130 cm³/mol. The van der Waals surface area contributed by atoms with Gasteiger partial charge in [-0.2, -0.15) is 0 Å². The molecule has 4 rings (SSSR count). The zero-order valence-electron chi connectivity index (χ0n) is 17.3. The van der Waals surface area contributed by atoms with Gasteiger partial charge in [0.25, 0.3) is 11.4 Å². The highest BCUT2D eigenvalue weighted by atomic mass is 32.2. The third kappa shape index (κ3) is 6.21. The van der Waals surface area contributed by atoms with E-state index in [-0.39, 0.29) is 11.4 Å². The molecule has 0 saturated heterocycles. The van der Waals surface area contributed by atoms with Crippen LogP contribution in [-0.2, 0) is 6.42 Å². The maximum atomic E-state index is 10.8. The van der Waals surface area contributed by atoms with E-state index < -0.39 is 9.85 Å². The smallest absolute Gasteiger partial charge is 0.258 e. The fourth-order valence-electron chi connectivity index (χ4n) is 3.13. The average Bonchev–Trinajstić information content (AvgIpc) is 2.82. The van der Waals surface area contributed by atoms with Gasteiger partial charge in [-0.05, 0) is 66.1 Å². The SMILES string of the molecule is O=[N+]([O-])c1ccc(Sc2ccc(Cc3ccc(Sc4ccc([N+](=O)[O-])cc4)cc3)cc2)cc1. The molecule has 0 unspecified atom stereocenters. The first kappa shape index (κ1) is 22.6. The normalized spacial score (nSPS) is 10.7. The van der Waals surface area contributed by atoms with E-state index in [0.29, 0.717) is 0 Å². The fourth-order valence-corrected chi connectivity index (χ4v) is 4.76. The Kier molecular flexibility index (Phi) is 7.07. The van der Waals surface area contributed by atoms with Crippen molar-refractivity contribution in [3.8, 4) is 0 Å². The Bertz CT molecular complexity index is 1160. The van der Waals surface area contributed by atoms with E-state index >= 15 is 0 Å². The molecule has 0 heterocycles. The van der Waals surface area contributed by atoms with Crippen LogP contribution in [0.15, 0.2) is 117 Å². The molecule has 0 atom stereocenters. The summed E-state index contributed by atoms with van der Waals surface area (Å²) in [7, 11) is 0. The summed E-state index contributed by atoms with van der Waals surface area (Å²) in [5, 5.41) is 21.5. The molecule has 0 bridgehead atoms. The van der Waals surface area contributed by atoms with E-state index in [0.717, 1.165) is 26.0 Å². The maximum absolute atomic E-state index is 10.8. The van der Waals surface area contributed by atoms with Crippen molar-refractivity contribution in [2.24, 2.45) is 0 Å². The van der Waals surface area contributed by atoms with Crippen LogP contribution in [-0.4, -0.2) is 9.85 Å². The van der Waals surface area contributed by atoms with Crippen molar-refractivity contribution in [1.82, 2.24) is 0 Å². The second-order valence-corrected chi connectivity index (χ2v) is 9.46. The van der Waals surface area contributed by atoms with E-state index in [4.69, 9.17) is 0 Å². The van der Waals surface area contributed by atoms with Gasteiger partial charge >= 0.3 is 0 Å². The molecule has 0 radical (unpaired) electrons. The fraction of sp³-hybridized carbons (Fsp3) is 0.0400. The van der Waals surface area contributed by atoms with Crippen molar-refractivity contribution in [1.29, 1.82) is 0 Å². The van der Waals surface area contributed by atoms with Gasteiger partial charge in [0.2, 0.25) is 0 Å². The van der Waals surface area contributed by atoms with Crippen LogP contribution in [0.5, 0.6) is 0 Å². The number of nitro groups is 2. The standard InChI is InChI=1S/C25H18N2O4S2/c28-26(29)20-5-13-24(14-6-20)32-22-9-1-18(2-10-22)17-19-3-11-23(12-4-19)33-25-15-7-21(8-16-25)27(30)31/h1-16H,17H2. The van der Waals surface area contributed by atoms with Crippen LogP contribution >= 0.6 is 23.5 Å². The van der Waals surface area contributed by atoms with Crippen molar-refractivity contribution in [2.75, 3.05) is 0 Å². The minimum absolute atomic E-state index is 0.0897. The van der Waals surface area contributed by atoms with Crippen LogP contribution < -0.4 is 0 Å². The van der Waals surface area contributed by atoms with Gasteiger partial charge in [-0.1, -0.05) is 47.8 Å². The molecule has 0 aromatic heterocycles. The minimum atomic E-state index is -0.399. The first-order chi connectivity index (χ1) is 16.0. The van der Waals surface area contributed by atoms with Crippen LogP contribution in [0, 0.1) is 20.2 Å². The first-order valence-corrected chi connectivity index (χ1v) is 11.6. The Labute approximate surface area is 199 Å². The molecule has 33 heavy (non-hydrogen) atoms. The molecular weight excluding hydrogens is 456 g/mol. The van der Waals surface area contributed by atoms with Crippen LogP contribution in [0.2, 0.25) is 0 Å². The maximum Gasteiger partial charge on any atom is 0.269 e. The van der Waals surface area contributed by atoms with Crippen molar-refractivity contribution < 1.29 is 9.85 Å². The number of hydrogen-bond acceptors (Lipinski definition) is 6. The van der Waals surface area contributed by atoms with Gasteiger partial charge in [-0.15, -0.1) is 0 Å². The predicted octanol–water partition coefficient (Wildman–Crippen LogP) is 7.40. The molecule has 4 aromatic rings. The van der Waals surface area contributed by atoms with Gasteiger partial charge in [0.15, 0.2) is 0 Å². The summed E-state index contributed by atoms with van der Waals surface area (Å²) in [6, 6.07) is 29.7. The van der Waals surface area contributed by atoms with Crippen molar-refractivity contribution in [2.45, 2.75) is 26.0 Å². The second kappa shape index (κ2) is 10.3. The minimum Gasteiger partial charge on any atom is -0.258 e. The molecule has 0 fully saturated rings. The van der Waals surface area contributed by atoms with Crippen LogP contribution in [0.4, 0.5) is 11.4 Å². The summed E-state index contributed by atoms with van der Waals surface area (Å²) in [5.41, 5.74) is 2.57. The lowest BCUT2D eigenvalue weighted by molar-refractivity contribution is -0.385. The summed E-state index contributed by atoms with van der Waals surface area (Å²) >= 11 is 3.13. The Morgan fingerprint density at radius 1 is 0.485 bits per heavy atom. The summed E-state index contributed by atoms with van der Waals surface area (Å²) in [5.74, 6) is 0. The lowest BCUT2D eigenvalue weighted by Crippen LogP contribution is -1.88. The zero-order chi connectivity index (χ0) is 23.2. The lowest BCUT2D eigenvalue weighted by Gasteiger charge is -2.06. The highest BCUT2D eigenvalue weighted by Crippen LogP contribution is 2.31. The Balaban J connectivity index is 1.34. The van der Waals surface area contributed by atoms with Crippen molar-refractivity contribution >= 4 is 34.9 Å². The largest absolute Gasteiger partial charge is 0.269 e. The number of non-ortho nitro benzene ring substituents is 2. The molecule has 0 spiro atoms. The van der Waals surface area contributed by atoms with E-state index in [1.807, 2.05) is 0 Å². The molecule has 0 saturated carbocycles. The Hall–Kier alpha value is -3.62. The quantitative estimate of drug-likeness (QED) is 0.195. The van der Waals surface area contributed by atoms with Gasteiger partial charge in [-0.25, -0.2) is 0 Å². The topological polar surface area (TPSA) is 86.3 Å². The highest BCUT2D eigenvalue weighted by molar-refractivity contribution is 7.99. The third-order valence-corrected chi connectivity index (χ3v) is 6.85. The number of rotatable bonds is 8. The number of hydrogen-bond donors (Lipinski definition) is 0. The molecule has 164 valence electrons. The van der Waals surface area contributed by atoms with E-state index in [9.17, 15) is 20.2 Å². The van der Waals surface area contributed by atoms with Gasteiger partial charge in [0.05, 0.1) is 9.85 Å². The van der Waals surface area contributed by atoms with Gasteiger partial charge < -0.3 is 0 Å². The first-order valence-electron chi connectivity index (χ1n) is 9.99. The van der Waals surface area contributed by atoms with Crippen molar-refractivity contribution in [3.63, 3.8) is 0 Å². The number of nitrogens with zero attached hydrogens (tertiary/aromatic N) is 2. The molecule has 0 aliphatic heterocycles. The molecule has 6 nitrogen and oxygen atoms in total. The van der Waals surface area contributed by atoms with Crippen molar-refractivity contribution in [3.05, 3.63) is 128 Å². The Morgan fingerprint density at radius 2 is 0.758 bits per heavy atom. The molecular formula is C25H18N2O4S2. The summed E-state index contributed by atoms with van der Waals surface area (Å²) < 4.78 is 0. The number of nitro benzene ring substituents is 2. The molecule has 8 heteroatoms. The monoisotopic (exact) mass is 474 g/mol. The van der Waals surface area contributed by atoms with E-state index in [1.165, 1.54) is 35.4 Å². The molecule has 0 aliphatic carbocycles. The zero-order valence-corrected chi connectivity index (χ0v) is 18.9. The molecule has 0 aliphatic rings. The van der Waals surface area contributed by atoms with Crippen LogP contribution in [0.3, 0.4) is 0 Å². The molecule has 0 N–H and O–H groups in total. The highest BCUT2D eigenvalue weighted by Gasteiger charge is 2.07. The summed E-state index contributed by atoms with van der Waals surface area (Å²) in [4.78, 5) is 24.8. The van der Waals surface area contributed by atoms with Gasteiger partial charge in [0.1, 0.15) is 0 Å². The van der Waals surface area contributed by atoms with E-state index in [2.05, 4.69) is 48.5 Å². The molecule has 4 aromatic carbocycles.